The number of fused-ring (bicyclic) bond motifs is 16. The zero-order valence-electron chi connectivity index (χ0n) is 54.8. The lowest BCUT2D eigenvalue weighted by Gasteiger charge is -2.26. The molecule has 5 aliphatic rings. The Labute approximate surface area is 537 Å². The Bertz CT molecular complexity index is 5200. The first-order valence-electron chi connectivity index (χ1n) is 31.7. The van der Waals surface area contributed by atoms with Crippen molar-refractivity contribution in [2.45, 2.75) is 119 Å². The number of benzene rings is 4. The molecule has 10 nitrogen and oxygen atoms in total. The number of nitrogens with zero attached hydrogens (tertiary/aromatic N) is 4. The molecular formula is C82H74N8O2. The summed E-state index contributed by atoms with van der Waals surface area (Å²) < 4.78 is 0. The van der Waals surface area contributed by atoms with Crippen LogP contribution < -0.4 is 0 Å². The number of carbonyl (C=O) groups excluding carboxylic acids is 2. The zero-order valence-corrected chi connectivity index (χ0v) is 54.8. The quantitative estimate of drug-likeness (QED) is 0.129. The fourth-order valence-corrected chi connectivity index (χ4v) is 13.4. The van der Waals surface area contributed by atoms with Gasteiger partial charge in [-0.3, -0.25) is 9.59 Å². The minimum absolute atomic E-state index is 0.0464. The third kappa shape index (κ3) is 10.5. The molecular weight excluding hydrogens is 1130 g/mol. The van der Waals surface area contributed by atoms with Crippen molar-refractivity contribution >= 4 is 81.1 Å². The topological polar surface area (TPSA) is 149 Å². The lowest BCUT2D eigenvalue weighted by atomic mass is 9.79. The highest BCUT2D eigenvalue weighted by atomic mass is 16.1. The van der Waals surface area contributed by atoms with E-state index in [-0.39, 0.29) is 22.4 Å². The Morgan fingerprint density at radius 2 is 0.902 bits per heavy atom. The van der Waals surface area contributed by atoms with Gasteiger partial charge < -0.3 is 19.9 Å². The van der Waals surface area contributed by atoms with Crippen molar-refractivity contribution in [3.8, 4) is 56.3 Å². The molecule has 0 radical (unpaired) electrons. The first-order valence-corrected chi connectivity index (χ1v) is 31.7. The van der Waals surface area contributed by atoms with Crippen molar-refractivity contribution in [3.63, 3.8) is 0 Å². The molecule has 16 bridgehead atoms. The van der Waals surface area contributed by atoms with Gasteiger partial charge >= 0.3 is 0 Å². The molecule has 9 aromatic rings. The van der Waals surface area contributed by atoms with Crippen LogP contribution in [0.15, 0.2) is 133 Å². The monoisotopic (exact) mass is 1200 g/mol. The number of aromatic amines is 4. The maximum absolute atomic E-state index is 14.8. The Morgan fingerprint density at radius 3 is 1.50 bits per heavy atom. The van der Waals surface area contributed by atoms with Crippen LogP contribution in [0.4, 0.5) is 0 Å². The molecule has 0 atom stereocenters. The predicted octanol–water partition coefficient (Wildman–Crippen LogP) is 19.4. The summed E-state index contributed by atoms with van der Waals surface area (Å²) in [7, 11) is 0. The maximum Gasteiger partial charge on any atom is 0.192 e. The highest BCUT2D eigenvalue weighted by Crippen LogP contribution is 2.43. The summed E-state index contributed by atoms with van der Waals surface area (Å²) in [5.74, 6) is 7.01. The molecule has 0 spiro atoms. The van der Waals surface area contributed by atoms with Crippen LogP contribution >= 0.6 is 0 Å². The number of rotatable bonds is 4. The summed E-state index contributed by atoms with van der Waals surface area (Å²) in [6.07, 6.45) is 12.3. The molecule has 0 saturated heterocycles. The Kier molecular flexibility index (Phi) is 13.9. The summed E-state index contributed by atoms with van der Waals surface area (Å²) >= 11 is 0. The second kappa shape index (κ2) is 21.6. The van der Waals surface area contributed by atoms with E-state index in [1.54, 1.807) is 0 Å². The van der Waals surface area contributed by atoms with Crippen molar-refractivity contribution in [1.82, 2.24) is 39.9 Å². The van der Waals surface area contributed by atoms with Gasteiger partial charge in [0.25, 0.3) is 0 Å². The van der Waals surface area contributed by atoms with E-state index in [0.717, 1.165) is 123 Å². The summed E-state index contributed by atoms with van der Waals surface area (Å²) in [6.45, 7) is 29.9. The number of hydrogen-bond donors (Lipinski definition) is 4. The van der Waals surface area contributed by atoms with E-state index in [4.69, 9.17) is 19.9 Å². The molecule has 0 amide bonds. The molecule has 454 valence electrons. The van der Waals surface area contributed by atoms with Gasteiger partial charge in [-0.15, -0.1) is 0 Å². The molecule has 4 aromatic carbocycles. The summed E-state index contributed by atoms with van der Waals surface area (Å²) in [5.41, 5.74) is 25.9. The van der Waals surface area contributed by atoms with Gasteiger partial charge in [0.15, 0.2) is 11.6 Å². The molecule has 92 heavy (non-hydrogen) atoms. The molecule has 5 aliphatic heterocycles. The second-order valence-corrected chi connectivity index (χ2v) is 28.4. The van der Waals surface area contributed by atoms with Crippen LogP contribution in [0.2, 0.25) is 0 Å². The van der Waals surface area contributed by atoms with Gasteiger partial charge in [0.1, 0.15) is 5.69 Å². The molecule has 0 aliphatic carbocycles. The zero-order chi connectivity index (χ0) is 64.5. The summed E-state index contributed by atoms with van der Waals surface area (Å²) in [6, 6.07) is 46.4. The number of carbonyl (C=O) groups is 2. The standard InChI is InChI=1S/C82H74N8O2/c1-45-15-20-50(21-16-45)73-62-32-31-59(86-62)58(76-82(13,14)78(92)69(90-76)43-56-25-30-66(84-56)75(67-36-35-64(73)88-67)71-47(3)37-46(2)38-48(71)4)27-19-49-17-22-51(23-18-49)72-60-28-24-55(83-60)42-68-77(91)81(11,12)70(89-68)44-57-26-29-61(85-57)74(65-34-33-63(72)87-65)52-39-53(79(5,6)7)41-54(40-52)80(8,9)10/h15-18,20-26,28-44,83,85,88,90H,1-14H3. The fraction of sp³-hybridized carbons (Fsp3) is 0.220. The third-order valence-corrected chi connectivity index (χ3v) is 18.6. The van der Waals surface area contributed by atoms with Crippen LogP contribution in [-0.4, -0.2) is 51.4 Å². The number of ketones is 2. The van der Waals surface area contributed by atoms with E-state index in [2.05, 4.69) is 210 Å². The van der Waals surface area contributed by atoms with Crippen LogP contribution in [0.5, 0.6) is 0 Å². The molecule has 10 heterocycles. The normalized spacial score (nSPS) is 14.4. The van der Waals surface area contributed by atoms with Crippen molar-refractivity contribution < 1.29 is 9.59 Å². The third-order valence-electron chi connectivity index (χ3n) is 18.6. The number of Topliss-reactive ketones (excluding diaryl/α,β-unsaturated/α-hetero) is 2. The van der Waals surface area contributed by atoms with Gasteiger partial charge in [-0.1, -0.05) is 131 Å². The SMILES string of the molecule is Cc1ccc(-c2c3nc(c(C#Cc4ccc(-c5c6nc(c(-c7cc(C(C)(C)C)cc(C(C)(C)C)c7)c7ccc(cc8nc(cc9ccc5[nH]9)C(=O)C8(C)C)[nH]7)C=C6)cc4)c4[nH]c(cc5nc(c(-c6c(C)cc(C)cc6C)c6ccc2[nH]6)C=C5)C(=O)C4(C)C)C=C3)cc1. The Balaban J connectivity index is 0.970. The number of aromatic nitrogens is 8. The van der Waals surface area contributed by atoms with Crippen molar-refractivity contribution in [3.05, 3.63) is 235 Å². The Morgan fingerprint density at radius 1 is 0.402 bits per heavy atom. The van der Waals surface area contributed by atoms with Gasteiger partial charge in [-0.05, 0) is 214 Å². The minimum Gasteiger partial charge on any atom is -0.355 e. The van der Waals surface area contributed by atoms with Crippen LogP contribution in [0.3, 0.4) is 0 Å². The molecule has 10 heteroatoms. The smallest absolute Gasteiger partial charge is 0.192 e. The number of H-pyrrole nitrogens is 4. The van der Waals surface area contributed by atoms with Crippen molar-refractivity contribution in [1.29, 1.82) is 0 Å². The van der Waals surface area contributed by atoms with Crippen LogP contribution in [0.1, 0.15) is 180 Å². The second-order valence-electron chi connectivity index (χ2n) is 28.4. The van der Waals surface area contributed by atoms with Gasteiger partial charge in [-0.2, -0.15) is 0 Å². The fourth-order valence-electron chi connectivity index (χ4n) is 13.4. The van der Waals surface area contributed by atoms with Crippen LogP contribution in [0, 0.1) is 39.5 Å². The molecule has 4 N–H and O–H groups in total. The van der Waals surface area contributed by atoms with Gasteiger partial charge in [0.2, 0.25) is 0 Å². The highest BCUT2D eigenvalue weighted by Gasteiger charge is 2.40. The molecule has 14 rings (SSSR count). The number of nitrogens with one attached hydrogen (secondary N) is 4. The summed E-state index contributed by atoms with van der Waals surface area (Å²) in [5, 5.41) is 0. The van der Waals surface area contributed by atoms with E-state index in [1.807, 2.05) is 88.4 Å². The van der Waals surface area contributed by atoms with E-state index in [9.17, 15) is 9.59 Å². The van der Waals surface area contributed by atoms with Gasteiger partial charge in [-0.25, -0.2) is 19.9 Å². The largest absolute Gasteiger partial charge is 0.355 e. The average Bonchev–Trinajstić information content (AvgIpc) is 1.64. The van der Waals surface area contributed by atoms with Gasteiger partial charge in [0, 0.05) is 66.6 Å². The van der Waals surface area contributed by atoms with E-state index >= 15 is 0 Å². The van der Waals surface area contributed by atoms with Crippen LogP contribution in [0.25, 0.3) is 114 Å². The van der Waals surface area contributed by atoms with Gasteiger partial charge in [0.05, 0.1) is 61.9 Å². The molecule has 0 unspecified atom stereocenters. The van der Waals surface area contributed by atoms with Crippen molar-refractivity contribution in [2.75, 3.05) is 0 Å². The predicted molar refractivity (Wildman–Crippen MR) is 379 cm³/mol. The first-order chi connectivity index (χ1) is 43.7. The lowest BCUT2D eigenvalue weighted by Crippen LogP contribution is -2.25. The molecule has 0 saturated carbocycles. The molecule has 5 aromatic heterocycles. The summed E-state index contributed by atoms with van der Waals surface area (Å²) in [4.78, 5) is 65.2. The Hall–Kier alpha value is -10.5. The van der Waals surface area contributed by atoms with E-state index in [0.29, 0.717) is 39.7 Å². The number of hydrogen-bond acceptors (Lipinski definition) is 6. The maximum atomic E-state index is 14.8. The molecule has 0 fully saturated rings. The average molecular weight is 1200 g/mol. The van der Waals surface area contributed by atoms with E-state index < -0.39 is 10.8 Å². The highest BCUT2D eigenvalue weighted by molar-refractivity contribution is 6.07. The minimum atomic E-state index is -1.01. The number of aryl methyl sites for hydroxylation is 4. The lowest BCUT2D eigenvalue weighted by molar-refractivity contribution is 0.0912. The van der Waals surface area contributed by atoms with Crippen molar-refractivity contribution in [2.24, 2.45) is 0 Å². The van der Waals surface area contributed by atoms with Crippen LogP contribution in [-0.2, 0) is 21.7 Å². The van der Waals surface area contributed by atoms with E-state index in [1.165, 1.54) is 16.7 Å². The first kappa shape index (κ1) is 59.1.